The molecule has 1 aromatic carbocycles. The highest BCUT2D eigenvalue weighted by Crippen LogP contribution is 2.17. The zero-order valence-electron chi connectivity index (χ0n) is 15.0. The molecule has 1 aromatic heterocycles. The molecule has 0 radical (unpaired) electrons. The number of rotatable bonds is 6. The predicted molar refractivity (Wildman–Crippen MR) is 111 cm³/mol. The standard InChI is InChI=1S/C19H21FN4O2.2ClH/c20-16-5-1-15(2-6-16)12-24-10-9-17(13-24)22-18-7-3-14(11-21-18)4-8-19(25)23-26;;/h1-8,11,17,26H,9-10,12-13H2,(H,21,22)(H,23,25);2*1H/b8-4+;;/t17-;;/m1../s1. The minimum atomic E-state index is -0.584. The average molecular weight is 429 g/mol. The largest absolute Gasteiger partial charge is 0.366 e. The van der Waals surface area contributed by atoms with Gasteiger partial charge in [-0.05, 0) is 47.9 Å². The van der Waals surface area contributed by atoms with Gasteiger partial charge in [0.05, 0.1) is 0 Å². The number of carbonyl (C=O) groups is 1. The highest BCUT2D eigenvalue weighted by molar-refractivity contribution is 5.90. The molecule has 0 saturated carbocycles. The van der Waals surface area contributed by atoms with Crippen LogP contribution in [0, 0.1) is 5.82 Å². The first-order valence-electron chi connectivity index (χ1n) is 8.44. The third-order valence-corrected chi connectivity index (χ3v) is 4.27. The molecule has 0 unspecified atom stereocenters. The number of amides is 1. The Morgan fingerprint density at radius 2 is 2.00 bits per heavy atom. The van der Waals surface area contributed by atoms with Crippen molar-refractivity contribution >= 4 is 42.6 Å². The van der Waals surface area contributed by atoms with E-state index in [0.717, 1.165) is 43.0 Å². The summed E-state index contributed by atoms with van der Waals surface area (Å²) in [6.07, 6.45) is 5.48. The van der Waals surface area contributed by atoms with Gasteiger partial charge in [0.15, 0.2) is 0 Å². The Morgan fingerprint density at radius 3 is 2.64 bits per heavy atom. The number of hydrogen-bond donors (Lipinski definition) is 3. The van der Waals surface area contributed by atoms with Gasteiger partial charge in [0.2, 0.25) is 0 Å². The summed E-state index contributed by atoms with van der Waals surface area (Å²) < 4.78 is 13.0. The summed E-state index contributed by atoms with van der Waals surface area (Å²) in [4.78, 5) is 17.6. The smallest absolute Gasteiger partial charge is 0.267 e. The maximum Gasteiger partial charge on any atom is 0.267 e. The molecular weight excluding hydrogens is 406 g/mol. The molecular formula is C19H23Cl2FN4O2. The van der Waals surface area contributed by atoms with Crippen LogP contribution in [0.1, 0.15) is 17.5 Å². The summed E-state index contributed by atoms with van der Waals surface area (Å²) in [6, 6.07) is 10.6. The van der Waals surface area contributed by atoms with Crippen LogP contribution in [0.15, 0.2) is 48.7 Å². The monoisotopic (exact) mass is 428 g/mol. The van der Waals surface area contributed by atoms with Crippen LogP contribution < -0.4 is 10.8 Å². The Bertz CT molecular complexity index is 773. The first-order chi connectivity index (χ1) is 12.6. The molecule has 3 N–H and O–H groups in total. The lowest BCUT2D eigenvalue weighted by molar-refractivity contribution is -0.124. The molecule has 1 fully saturated rings. The maximum atomic E-state index is 13.0. The van der Waals surface area contributed by atoms with Gasteiger partial charge in [0, 0.05) is 37.9 Å². The number of anilines is 1. The van der Waals surface area contributed by atoms with Gasteiger partial charge >= 0.3 is 0 Å². The van der Waals surface area contributed by atoms with E-state index in [0.29, 0.717) is 6.04 Å². The van der Waals surface area contributed by atoms with Crippen LogP contribution >= 0.6 is 24.8 Å². The SMILES string of the molecule is Cl.Cl.O=C(/C=C/c1ccc(N[C@@H]2CCN(Cc3ccc(F)cc3)C2)nc1)NO. The number of aromatic nitrogens is 1. The van der Waals surface area contributed by atoms with E-state index >= 15 is 0 Å². The molecule has 1 atom stereocenters. The fraction of sp³-hybridized carbons (Fsp3) is 0.263. The molecule has 9 heteroatoms. The quantitative estimate of drug-likeness (QED) is 0.373. The maximum absolute atomic E-state index is 13.0. The third-order valence-electron chi connectivity index (χ3n) is 4.27. The van der Waals surface area contributed by atoms with E-state index in [4.69, 9.17) is 5.21 Å². The molecule has 2 heterocycles. The summed E-state index contributed by atoms with van der Waals surface area (Å²) in [6.45, 7) is 2.69. The van der Waals surface area contributed by atoms with Crippen LogP contribution in [-0.2, 0) is 11.3 Å². The number of halogens is 3. The molecule has 0 aliphatic carbocycles. The average Bonchev–Trinajstić information content (AvgIpc) is 3.09. The second-order valence-corrected chi connectivity index (χ2v) is 6.28. The number of nitrogens with one attached hydrogen (secondary N) is 2. The van der Waals surface area contributed by atoms with Gasteiger partial charge in [0.25, 0.3) is 5.91 Å². The molecule has 1 amide bonds. The highest BCUT2D eigenvalue weighted by atomic mass is 35.5. The number of nitrogens with zero attached hydrogens (tertiary/aromatic N) is 2. The van der Waals surface area contributed by atoms with Crippen molar-refractivity contribution in [3.8, 4) is 0 Å². The van der Waals surface area contributed by atoms with Crippen LogP contribution in [0.2, 0.25) is 0 Å². The number of carbonyl (C=O) groups excluding carboxylic acids is 1. The van der Waals surface area contributed by atoms with Gasteiger partial charge in [-0.1, -0.05) is 12.1 Å². The Hall–Kier alpha value is -2.19. The minimum absolute atomic E-state index is 0. The van der Waals surface area contributed by atoms with Gasteiger partial charge in [-0.3, -0.25) is 14.9 Å². The van der Waals surface area contributed by atoms with E-state index in [9.17, 15) is 9.18 Å². The molecule has 152 valence electrons. The van der Waals surface area contributed by atoms with Gasteiger partial charge in [-0.15, -0.1) is 24.8 Å². The van der Waals surface area contributed by atoms with Crippen molar-refractivity contribution in [3.05, 3.63) is 65.6 Å². The number of pyridine rings is 1. The van der Waals surface area contributed by atoms with Crippen molar-refractivity contribution < 1.29 is 14.4 Å². The lowest BCUT2D eigenvalue weighted by Gasteiger charge is -2.17. The van der Waals surface area contributed by atoms with Crippen molar-refractivity contribution in [2.45, 2.75) is 19.0 Å². The number of hydrogen-bond acceptors (Lipinski definition) is 5. The second-order valence-electron chi connectivity index (χ2n) is 6.28. The van der Waals surface area contributed by atoms with E-state index < -0.39 is 5.91 Å². The van der Waals surface area contributed by atoms with Crippen molar-refractivity contribution in [3.63, 3.8) is 0 Å². The summed E-state index contributed by atoms with van der Waals surface area (Å²) in [5.74, 6) is -0.0159. The molecule has 3 rings (SSSR count). The lowest BCUT2D eigenvalue weighted by Crippen LogP contribution is -2.26. The molecule has 1 aliphatic heterocycles. The molecule has 6 nitrogen and oxygen atoms in total. The van der Waals surface area contributed by atoms with E-state index in [2.05, 4.69) is 15.2 Å². The van der Waals surface area contributed by atoms with Gasteiger partial charge in [0.1, 0.15) is 11.6 Å². The van der Waals surface area contributed by atoms with Gasteiger partial charge < -0.3 is 5.32 Å². The first kappa shape index (κ1) is 23.8. The van der Waals surface area contributed by atoms with Gasteiger partial charge in [-0.2, -0.15) is 0 Å². The van der Waals surface area contributed by atoms with Crippen molar-refractivity contribution in [1.82, 2.24) is 15.4 Å². The number of benzene rings is 1. The molecule has 0 bridgehead atoms. The van der Waals surface area contributed by atoms with Crippen LogP contribution in [0.5, 0.6) is 0 Å². The predicted octanol–water partition coefficient (Wildman–Crippen LogP) is 3.27. The Morgan fingerprint density at radius 1 is 1.25 bits per heavy atom. The van der Waals surface area contributed by atoms with Crippen molar-refractivity contribution in [1.29, 1.82) is 0 Å². The Kier molecular flexibility index (Phi) is 9.89. The Labute approximate surface area is 175 Å². The third kappa shape index (κ3) is 7.09. The number of likely N-dealkylation sites (tertiary alicyclic amines) is 1. The van der Waals surface area contributed by atoms with E-state index in [1.54, 1.807) is 12.3 Å². The number of hydroxylamine groups is 1. The Balaban J connectivity index is 0.00000196. The molecule has 0 spiro atoms. The molecule has 28 heavy (non-hydrogen) atoms. The second kappa shape index (κ2) is 11.6. The highest BCUT2D eigenvalue weighted by Gasteiger charge is 2.22. The lowest BCUT2D eigenvalue weighted by atomic mass is 10.2. The van der Waals surface area contributed by atoms with Crippen LogP contribution in [-0.4, -0.2) is 40.1 Å². The fourth-order valence-electron chi connectivity index (χ4n) is 2.95. The fourth-order valence-corrected chi connectivity index (χ4v) is 2.95. The van der Waals surface area contributed by atoms with Crippen molar-refractivity contribution in [2.75, 3.05) is 18.4 Å². The van der Waals surface area contributed by atoms with E-state index in [1.807, 2.05) is 24.3 Å². The van der Waals surface area contributed by atoms with Gasteiger partial charge in [-0.25, -0.2) is 14.9 Å². The first-order valence-corrected chi connectivity index (χ1v) is 8.44. The zero-order chi connectivity index (χ0) is 18.4. The molecule has 1 saturated heterocycles. The van der Waals surface area contributed by atoms with Crippen LogP contribution in [0.3, 0.4) is 0 Å². The minimum Gasteiger partial charge on any atom is -0.366 e. The summed E-state index contributed by atoms with van der Waals surface area (Å²) in [7, 11) is 0. The van der Waals surface area contributed by atoms with E-state index in [1.165, 1.54) is 23.7 Å². The summed E-state index contributed by atoms with van der Waals surface area (Å²) in [5, 5.41) is 11.9. The summed E-state index contributed by atoms with van der Waals surface area (Å²) in [5.41, 5.74) is 3.41. The van der Waals surface area contributed by atoms with E-state index in [-0.39, 0.29) is 30.6 Å². The van der Waals surface area contributed by atoms with Crippen LogP contribution in [0.4, 0.5) is 10.2 Å². The summed E-state index contributed by atoms with van der Waals surface area (Å²) >= 11 is 0. The van der Waals surface area contributed by atoms with Crippen molar-refractivity contribution in [2.24, 2.45) is 0 Å². The normalized spacial score (nSPS) is 16.3. The zero-order valence-corrected chi connectivity index (χ0v) is 16.7. The molecule has 2 aromatic rings. The topological polar surface area (TPSA) is 77.5 Å². The van der Waals surface area contributed by atoms with Crippen LogP contribution in [0.25, 0.3) is 6.08 Å². The molecule has 1 aliphatic rings.